The predicted molar refractivity (Wildman–Crippen MR) is 98.5 cm³/mol. The number of nitrogens with one attached hydrogen (secondary N) is 1. The van der Waals surface area contributed by atoms with Crippen LogP contribution in [0.3, 0.4) is 0 Å². The molecule has 0 unspecified atom stereocenters. The fourth-order valence-corrected chi connectivity index (χ4v) is 3.61. The van der Waals surface area contributed by atoms with Crippen molar-refractivity contribution in [1.82, 2.24) is 10.2 Å². The van der Waals surface area contributed by atoms with Crippen LogP contribution in [0.1, 0.15) is 12.0 Å². The Bertz CT molecular complexity index is 748. The van der Waals surface area contributed by atoms with Gasteiger partial charge in [-0.05, 0) is 37.2 Å². The summed E-state index contributed by atoms with van der Waals surface area (Å²) in [5.74, 6) is -0.521. The van der Waals surface area contributed by atoms with Crippen LogP contribution in [-0.2, 0) is 25.7 Å². The molecule has 1 fully saturated rings. The van der Waals surface area contributed by atoms with Crippen molar-refractivity contribution in [2.24, 2.45) is 0 Å². The van der Waals surface area contributed by atoms with E-state index in [0.29, 0.717) is 26.2 Å². The lowest BCUT2D eigenvalue weighted by Gasteiger charge is -2.26. The van der Waals surface area contributed by atoms with E-state index in [1.54, 1.807) is 0 Å². The topological polar surface area (TPSA) is 79.0 Å². The molecular weight excluding hydrogens is 399 g/mol. The zero-order valence-corrected chi connectivity index (χ0v) is 16.4. The first-order valence-corrected chi connectivity index (χ1v) is 10.6. The summed E-state index contributed by atoms with van der Waals surface area (Å²) >= 11 is 0. The van der Waals surface area contributed by atoms with E-state index in [9.17, 15) is 26.4 Å². The van der Waals surface area contributed by atoms with Gasteiger partial charge < -0.3 is 10.1 Å². The van der Waals surface area contributed by atoms with Crippen LogP contribution in [0.25, 0.3) is 0 Å². The highest BCUT2D eigenvalue weighted by Gasteiger charge is 2.30. The molecule has 0 saturated carbocycles. The first kappa shape index (κ1) is 22.4. The molecule has 0 aromatic heterocycles. The Morgan fingerprint density at radius 1 is 1.21 bits per heavy atom. The largest absolute Gasteiger partial charge is 0.416 e. The Morgan fingerprint density at radius 2 is 1.82 bits per heavy atom. The Balaban J connectivity index is 1.90. The maximum absolute atomic E-state index is 12.7. The number of hydrogen-bond donors (Lipinski definition) is 1. The van der Waals surface area contributed by atoms with E-state index in [-0.39, 0.29) is 5.69 Å². The first-order valence-electron chi connectivity index (χ1n) is 8.79. The average molecular weight is 423 g/mol. The number of sulfonamides is 1. The van der Waals surface area contributed by atoms with E-state index >= 15 is 0 Å². The molecule has 1 amide bonds. The number of hydrogen-bond acceptors (Lipinski definition) is 5. The Hall–Kier alpha value is -1.85. The lowest BCUT2D eigenvalue weighted by molar-refractivity contribution is -0.137. The molecule has 1 saturated heterocycles. The second-order valence-electron chi connectivity index (χ2n) is 6.47. The fourth-order valence-electron chi connectivity index (χ4n) is 2.76. The zero-order chi connectivity index (χ0) is 20.8. The van der Waals surface area contributed by atoms with Gasteiger partial charge in [-0.3, -0.25) is 14.0 Å². The molecule has 7 nitrogen and oxygen atoms in total. The molecule has 1 aliphatic heterocycles. The van der Waals surface area contributed by atoms with Crippen molar-refractivity contribution in [3.05, 3.63) is 29.8 Å². The smallest absolute Gasteiger partial charge is 0.379 e. The second kappa shape index (κ2) is 9.57. The molecule has 1 N–H and O–H groups in total. The zero-order valence-electron chi connectivity index (χ0n) is 15.5. The van der Waals surface area contributed by atoms with Crippen LogP contribution in [0.2, 0.25) is 0 Å². The summed E-state index contributed by atoms with van der Waals surface area (Å²) in [6.45, 7) is 3.71. The summed E-state index contributed by atoms with van der Waals surface area (Å²) in [5.41, 5.74) is -0.892. The van der Waals surface area contributed by atoms with Crippen LogP contribution in [0.4, 0.5) is 18.9 Å². The molecule has 2 rings (SSSR count). The van der Waals surface area contributed by atoms with E-state index in [1.165, 1.54) is 0 Å². The van der Waals surface area contributed by atoms with Crippen molar-refractivity contribution < 1.29 is 31.1 Å². The van der Waals surface area contributed by atoms with Gasteiger partial charge in [-0.1, -0.05) is 0 Å². The van der Waals surface area contributed by atoms with Gasteiger partial charge in [0.2, 0.25) is 15.9 Å². The summed E-state index contributed by atoms with van der Waals surface area (Å²) in [6, 6.07) is 3.65. The molecule has 28 heavy (non-hydrogen) atoms. The van der Waals surface area contributed by atoms with Gasteiger partial charge in [-0.25, -0.2) is 8.42 Å². The Kier molecular flexibility index (Phi) is 7.67. The number of rotatable bonds is 8. The number of anilines is 1. The maximum Gasteiger partial charge on any atom is 0.416 e. The van der Waals surface area contributed by atoms with Crippen molar-refractivity contribution in [3.8, 4) is 0 Å². The number of nitrogens with zero attached hydrogens (tertiary/aromatic N) is 2. The van der Waals surface area contributed by atoms with Gasteiger partial charge >= 0.3 is 6.18 Å². The number of alkyl halides is 3. The summed E-state index contributed by atoms with van der Waals surface area (Å²) in [7, 11) is -3.84. The van der Waals surface area contributed by atoms with Crippen molar-refractivity contribution in [2.75, 3.05) is 56.5 Å². The van der Waals surface area contributed by atoms with Gasteiger partial charge in [0, 0.05) is 19.6 Å². The third-order valence-electron chi connectivity index (χ3n) is 4.25. The van der Waals surface area contributed by atoms with Gasteiger partial charge in [-0.15, -0.1) is 0 Å². The summed E-state index contributed by atoms with van der Waals surface area (Å²) in [6.07, 6.45) is -2.92. The summed E-state index contributed by atoms with van der Waals surface area (Å²) < 4.78 is 68.0. The SMILES string of the molecule is CS(=O)(=O)N(CC(=O)NCCCN1CCOCC1)c1ccc(C(F)(F)F)cc1. The number of carbonyl (C=O) groups excluding carboxylic acids is 1. The molecule has 0 aliphatic carbocycles. The van der Waals surface area contributed by atoms with Crippen molar-refractivity contribution >= 4 is 21.6 Å². The lowest BCUT2D eigenvalue weighted by atomic mass is 10.2. The molecule has 11 heteroatoms. The molecule has 158 valence electrons. The maximum atomic E-state index is 12.7. The number of benzene rings is 1. The van der Waals surface area contributed by atoms with Crippen LogP contribution >= 0.6 is 0 Å². The average Bonchev–Trinajstić information content (AvgIpc) is 2.63. The highest BCUT2D eigenvalue weighted by molar-refractivity contribution is 7.92. The minimum atomic E-state index is -4.52. The predicted octanol–water partition coefficient (Wildman–Crippen LogP) is 1.31. The monoisotopic (exact) mass is 423 g/mol. The molecule has 1 aromatic carbocycles. The highest BCUT2D eigenvalue weighted by atomic mass is 32.2. The Morgan fingerprint density at radius 3 is 2.36 bits per heavy atom. The molecule has 0 bridgehead atoms. The summed E-state index contributed by atoms with van der Waals surface area (Å²) in [5, 5.41) is 2.65. The van der Waals surface area contributed by atoms with Crippen molar-refractivity contribution in [1.29, 1.82) is 0 Å². The number of carbonyl (C=O) groups is 1. The lowest BCUT2D eigenvalue weighted by Crippen LogP contribution is -2.42. The van der Waals surface area contributed by atoms with Gasteiger partial charge in [0.1, 0.15) is 6.54 Å². The van der Waals surface area contributed by atoms with Crippen LogP contribution in [0.15, 0.2) is 24.3 Å². The molecule has 1 aromatic rings. The van der Waals surface area contributed by atoms with Crippen LogP contribution in [0, 0.1) is 0 Å². The van der Waals surface area contributed by atoms with E-state index in [2.05, 4.69) is 10.2 Å². The highest BCUT2D eigenvalue weighted by Crippen LogP contribution is 2.30. The van der Waals surface area contributed by atoms with E-state index < -0.39 is 34.2 Å². The first-order chi connectivity index (χ1) is 13.1. The molecule has 0 radical (unpaired) electrons. The second-order valence-corrected chi connectivity index (χ2v) is 8.38. The minimum absolute atomic E-state index is 0.000957. The molecule has 0 spiro atoms. The number of ether oxygens (including phenoxy) is 1. The minimum Gasteiger partial charge on any atom is -0.379 e. The third-order valence-corrected chi connectivity index (χ3v) is 5.39. The van der Waals surface area contributed by atoms with Gasteiger partial charge in [0.15, 0.2) is 0 Å². The van der Waals surface area contributed by atoms with Gasteiger partial charge in [-0.2, -0.15) is 13.2 Å². The number of halogens is 3. The third kappa shape index (κ3) is 6.95. The van der Waals surface area contributed by atoms with Crippen LogP contribution in [-0.4, -0.2) is 71.4 Å². The molecule has 1 heterocycles. The van der Waals surface area contributed by atoms with Gasteiger partial charge in [0.05, 0.1) is 30.7 Å². The normalized spacial score (nSPS) is 16.0. The fraction of sp³-hybridized carbons (Fsp3) is 0.588. The van der Waals surface area contributed by atoms with Crippen LogP contribution in [0.5, 0.6) is 0 Å². The van der Waals surface area contributed by atoms with Crippen molar-refractivity contribution in [2.45, 2.75) is 12.6 Å². The Labute approximate surface area is 162 Å². The molecular formula is C17H24F3N3O4S. The van der Waals surface area contributed by atoms with Crippen LogP contribution < -0.4 is 9.62 Å². The number of morpholine rings is 1. The quantitative estimate of drug-likeness (QED) is 0.638. The van der Waals surface area contributed by atoms with E-state index in [1.807, 2.05) is 0 Å². The summed E-state index contributed by atoms with van der Waals surface area (Å²) in [4.78, 5) is 14.3. The van der Waals surface area contributed by atoms with E-state index in [0.717, 1.165) is 54.5 Å². The molecule has 1 aliphatic rings. The number of amides is 1. The van der Waals surface area contributed by atoms with E-state index in [4.69, 9.17) is 4.74 Å². The standard InChI is InChI=1S/C17H24F3N3O4S/c1-28(25,26)23(15-5-3-14(4-6-15)17(18,19)20)13-16(24)21-7-2-8-22-9-11-27-12-10-22/h3-6H,2,7-13H2,1H3,(H,21,24). The molecule has 0 atom stereocenters. The van der Waals surface area contributed by atoms with Crippen molar-refractivity contribution in [3.63, 3.8) is 0 Å². The van der Waals surface area contributed by atoms with Gasteiger partial charge in [0.25, 0.3) is 0 Å².